The van der Waals surface area contributed by atoms with Gasteiger partial charge in [-0.25, -0.2) is 71.8 Å². The number of aliphatic carboxylic acids is 1. The number of benzene rings is 4. The normalized spacial score (nSPS) is 14.7. The fourth-order valence-electron chi connectivity index (χ4n) is 11.7. The van der Waals surface area contributed by atoms with E-state index in [1.807, 2.05) is 62.3 Å². The van der Waals surface area contributed by atoms with Crippen LogP contribution in [0.4, 0.5) is 31.9 Å². The van der Waals surface area contributed by atoms with Gasteiger partial charge in [-0.15, -0.1) is 22.6 Å². The second kappa shape index (κ2) is 43.5. The van der Waals surface area contributed by atoms with Crippen LogP contribution in [-0.4, -0.2) is 189 Å². The maximum absolute atomic E-state index is 13.3. The number of ether oxygens (including phenoxy) is 3. The lowest BCUT2D eigenvalue weighted by molar-refractivity contribution is -0.143. The number of piperidine rings is 4. The van der Waals surface area contributed by atoms with E-state index in [1.54, 1.807) is 116 Å². The summed E-state index contributed by atoms with van der Waals surface area (Å²) in [4.78, 5) is 99.1. The lowest BCUT2D eigenvalue weighted by Crippen LogP contribution is -2.45. The molecule has 13 rings (SSSR count). The van der Waals surface area contributed by atoms with Crippen molar-refractivity contribution in [2.24, 2.45) is 23.3 Å². The Hall–Kier alpha value is -10.9. The molecule has 0 unspecified atom stereocenters. The quantitative estimate of drug-likeness (QED) is 0.0456. The summed E-state index contributed by atoms with van der Waals surface area (Å²) in [6.45, 7) is 21.8. The van der Waals surface area contributed by atoms with Gasteiger partial charge in [-0.05, 0) is 242 Å². The van der Waals surface area contributed by atoms with Gasteiger partial charge in [-0.1, -0.05) is 24.4 Å². The molecule has 9 aromatic rings. The highest BCUT2D eigenvalue weighted by molar-refractivity contribution is 7.81. The Morgan fingerprint density at radius 3 is 1.14 bits per heavy atom. The lowest BCUT2D eigenvalue weighted by Gasteiger charge is -2.33. The van der Waals surface area contributed by atoms with E-state index in [0.29, 0.717) is 141 Å². The number of amides is 4. The number of aromatic nitrogens is 12. The summed E-state index contributed by atoms with van der Waals surface area (Å²) < 4.78 is 71.1. The van der Waals surface area contributed by atoms with Crippen LogP contribution < -0.4 is 22.1 Å². The third-order valence-electron chi connectivity index (χ3n) is 17.5. The average Bonchev–Trinajstić information content (AvgIpc) is 1.65. The first-order valence-electron chi connectivity index (χ1n) is 37.2. The van der Waals surface area contributed by atoms with Crippen molar-refractivity contribution in [2.45, 2.75) is 149 Å². The molecule has 115 heavy (non-hydrogen) atoms. The van der Waals surface area contributed by atoms with Gasteiger partial charge < -0.3 is 56.1 Å². The van der Waals surface area contributed by atoms with Gasteiger partial charge in [0.15, 0.2) is 11.6 Å². The number of hydrogen-bond donors (Lipinski definition) is 5. The minimum atomic E-state index is -0.774. The summed E-state index contributed by atoms with van der Waals surface area (Å²) >= 11 is 9.86. The highest BCUT2D eigenvalue weighted by atomic mass is 35.5. The van der Waals surface area contributed by atoms with Gasteiger partial charge in [0.1, 0.15) is 67.5 Å². The van der Waals surface area contributed by atoms with E-state index < -0.39 is 22.8 Å². The summed E-state index contributed by atoms with van der Waals surface area (Å²) in [6, 6.07) is 29.0. The van der Waals surface area contributed by atoms with Crippen LogP contribution in [0.25, 0.3) is 34.7 Å². The highest BCUT2D eigenvalue weighted by Gasteiger charge is 2.34. The molecule has 5 aromatic heterocycles. The zero-order chi connectivity index (χ0) is 82.7. The molecule has 0 bridgehead atoms. The summed E-state index contributed by atoms with van der Waals surface area (Å²) in [6.07, 6.45) is 14.6. The molecule has 4 aliphatic heterocycles. The number of carbonyl (C=O) groups excluding carboxylic acids is 4. The van der Waals surface area contributed by atoms with Gasteiger partial charge in [0, 0.05) is 116 Å². The van der Waals surface area contributed by atoms with Crippen molar-refractivity contribution in [3.05, 3.63) is 204 Å². The lowest BCUT2D eigenvalue weighted by atomic mass is 9.96. The van der Waals surface area contributed by atoms with Gasteiger partial charge in [0.25, 0.3) is 11.9 Å². The minimum absolute atomic E-state index is 0. The first kappa shape index (κ1) is 91.2. The molecule has 9 heterocycles. The average molecular weight is 1650 g/mol. The Labute approximate surface area is 682 Å². The molecule has 0 atom stereocenters. The van der Waals surface area contributed by atoms with Crippen molar-refractivity contribution < 1.29 is 60.9 Å². The van der Waals surface area contributed by atoms with Crippen molar-refractivity contribution in [1.82, 2.24) is 84.8 Å². The topological polar surface area (TPSA) is 358 Å². The number of halogens is 5. The molecule has 0 radical (unpaired) electrons. The Morgan fingerprint density at radius 1 is 0.487 bits per heavy atom. The molecule has 614 valence electrons. The molecular formula is C80H98ClF4N19O9S2. The maximum Gasteiger partial charge on any atom is 0.410 e. The van der Waals surface area contributed by atoms with Gasteiger partial charge in [-0.3, -0.25) is 9.59 Å². The molecule has 35 heteroatoms. The van der Waals surface area contributed by atoms with Crippen molar-refractivity contribution in [2.75, 3.05) is 52.4 Å². The molecule has 4 saturated heterocycles. The van der Waals surface area contributed by atoms with E-state index in [1.165, 1.54) is 60.7 Å². The largest absolute Gasteiger partial charge is 0.481 e. The Bertz CT molecular complexity index is 4580. The van der Waals surface area contributed by atoms with Gasteiger partial charge >= 0.3 is 24.2 Å². The summed E-state index contributed by atoms with van der Waals surface area (Å²) in [5.41, 5.74) is 11.7. The van der Waals surface area contributed by atoms with Crippen molar-refractivity contribution in [1.29, 1.82) is 0 Å². The summed E-state index contributed by atoms with van der Waals surface area (Å²) in [5, 5.41) is 24.1. The Balaban J connectivity index is 0.000000200. The summed E-state index contributed by atoms with van der Waals surface area (Å²) in [7, 11) is 0. The van der Waals surface area contributed by atoms with Gasteiger partial charge in [0.2, 0.25) is 5.91 Å². The first-order valence-corrected chi connectivity index (χ1v) is 38.0. The van der Waals surface area contributed by atoms with E-state index in [0.717, 1.165) is 43.1 Å². The monoisotopic (exact) mass is 1640 g/mol. The second-order valence-electron chi connectivity index (χ2n) is 29.7. The maximum atomic E-state index is 13.3. The van der Waals surface area contributed by atoms with E-state index in [-0.39, 0.29) is 82.6 Å². The molecule has 4 aromatic carbocycles. The molecule has 4 amide bonds. The molecule has 4 aliphatic rings. The van der Waals surface area contributed by atoms with Crippen LogP contribution in [0, 0.1) is 35.1 Å². The number of thiocarbonyl (C=S) groups is 2. The van der Waals surface area contributed by atoms with Crippen LogP contribution in [-0.2, 0) is 30.3 Å². The Morgan fingerprint density at radius 2 is 0.809 bits per heavy atom. The van der Waals surface area contributed by atoms with Crippen LogP contribution in [0.5, 0.6) is 0 Å². The van der Waals surface area contributed by atoms with Gasteiger partial charge in [0.05, 0.1) is 12.5 Å². The number of carboxylic acids is 1. The molecule has 0 spiro atoms. The van der Waals surface area contributed by atoms with Crippen LogP contribution in [0.15, 0.2) is 152 Å². The smallest absolute Gasteiger partial charge is 0.410 e. The number of nitrogens with two attached hydrogens (primary N) is 2. The van der Waals surface area contributed by atoms with Crippen LogP contribution in [0.2, 0.25) is 0 Å². The summed E-state index contributed by atoms with van der Waals surface area (Å²) in [5.74, 6) is 1.94. The predicted octanol–water partition coefficient (Wildman–Crippen LogP) is 13.1. The van der Waals surface area contributed by atoms with Crippen LogP contribution >= 0.6 is 36.8 Å². The number of rotatable bonds is 11. The third-order valence-corrected chi connectivity index (χ3v) is 18.0. The highest BCUT2D eigenvalue weighted by Crippen LogP contribution is 2.32. The van der Waals surface area contributed by atoms with Crippen molar-refractivity contribution in [3.8, 4) is 34.7 Å². The van der Waals surface area contributed by atoms with Gasteiger partial charge in [-0.2, -0.15) is 9.36 Å². The minimum Gasteiger partial charge on any atom is -0.481 e. The molecule has 0 saturated carbocycles. The van der Waals surface area contributed by atoms with E-state index in [2.05, 4.69) is 63.0 Å². The molecule has 0 aliphatic carbocycles. The fourth-order valence-corrected chi connectivity index (χ4v) is 12.0. The molecular weight excluding hydrogens is 1550 g/mol. The molecule has 28 nitrogen and oxygen atoms in total. The van der Waals surface area contributed by atoms with Crippen LogP contribution in [0.1, 0.15) is 154 Å². The molecule has 4 fully saturated rings. The molecule has 7 N–H and O–H groups in total. The number of nitrogens with zero attached hydrogens (tertiary/aromatic N) is 15. The van der Waals surface area contributed by atoms with E-state index in [4.69, 9.17) is 53.0 Å². The fraction of sp³-hybridized carbons (Fsp3) is 0.412. The zero-order valence-electron chi connectivity index (χ0n) is 65.6. The number of carbonyl (C=O) groups is 5. The number of likely N-dealkylation sites (tertiary alicyclic amines) is 3. The van der Waals surface area contributed by atoms with E-state index >= 15 is 0 Å². The Kier molecular flexibility index (Phi) is 34.5. The third kappa shape index (κ3) is 29.8. The van der Waals surface area contributed by atoms with Crippen molar-refractivity contribution >= 4 is 77.0 Å². The number of nitrogens with one attached hydrogen (secondary N) is 2. The SMILES string of the molecule is CC(C)(C)OC(=O)N1CCC(C(=O)NC(=S)c2ccc(F)cc2)CC1.CC(C)(C)OC(=O)N1CCC(C(=O)O)CC1.CC(C)(C)OC(=O)N1CCC(c2nc(-c3ccc(F)cc3)nn2-c2ncccn2)CC1.Cl.Fc1ccc(-c2nc(C3CCNCC3)n(-c3ncccn3)n2)cc1.NC(=S)c1ccc(F)cc1.NCc1ncccn1. The predicted molar refractivity (Wildman–Crippen MR) is 434 cm³/mol. The number of hydrogen-bond acceptors (Lipinski definition) is 22. The number of carboxylic acid groups (broad SMARTS) is 1. The zero-order valence-corrected chi connectivity index (χ0v) is 68.0. The van der Waals surface area contributed by atoms with Crippen molar-refractivity contribution in [3.63, 3.8) is 0 Å². The van der Waals surface area contributed by atoms with Crippen LogP contribution in [0.3, 0.4) is 0 Å². The first-order chi connectivity index (χ1) is 54.2. The second-order valence-corrected chi connectivity index (χ2v) is 30.5. The standard InChI is InChI=1S/C22H25FN6O2.C18H23FN2O3S.C17H17FN6.C11H19NO4.C7H6FNS.C5H7N3.ClH/c1-22(2,3)31-21(30)28-13-9-16(10-14-28)19-26-18(15-5-7-17(23)8-6-15)27-29(19)20-24-11-4-12-25-20;1-18(2,3)24-17(23)21-10-8-12(9-11-21)15(22)20-16(25)13-4-6-14(19)7-5-13;18-14-4-2-12(3-5-14)15-22-16(13-6-10-19-11-7-13)24(23-15)17-20-8-1-9-21-17;1-11(2,3)16-10(15)12-6-4-8(5-7-12)9(13)14;8-6-3-1-5(2-4-6)7(9)10;6-4-5-7-2-1-3-8-5;/h4-8,11-12,16H,9-10,13-14H2,1-3H3;4-7,12H,8-11H2,1-3H3,(H,20,22,25);1-5,8-9,13,19H,6-7,10-11H2;8H,4-7H2,1-3H3,(H,13,14);1-4H,(H2,9,10);1-3H,4,6H2;1H. The van der Waals surface area contributed by atoms with E-state index in [9.17, 15) is 41.5 Å².